The van der Waals surface area contributed by atoms with Crippen LogP contribution in [0.25, 0.3) is 0 Å². The Morgan fingerprint density at radius 2 is 2.23 bits per heavy atom. The lowest BCUT2D eigenvalue weighted by molar-refractivity contribution is 0.559. The Kier molecular flexibility index (Phi) is 3.90. The normalized spacial score (nSPS) is 12.8. The number of aromatic nitrogens is 1. The van der Waals surface area contributed by atoms with Gasteiger partial charge in [0.2, 0.25) is 0 Å². The van der Waals surface area contributed by atoms with Crippen LogP contribution in [0, 0.1) is 6.92 Å². The maximum absolute atomic E-state index is 4.46. The zero-order valence-corrected chi connectivity index (χ0v) is 8.67. The van der Waals surface area contributed by atoms with Crippen LogP contribution in [0.5, 0.6) is 0 Å². The largest absolute Gasteiger partial charge is 0.314 e. The SMILES string of the molecule is CCN[C@@H](C)Cc1cccc(C)n1. The zero-order valence-electron chi connectivity index (χ0n) is 8.67. The zero-order chi connectivity index (χ0) is 9.68. The summed E-state index contributed by atoms with van der Waals surface area (Å²) in [4.78, 5) is 4.46. The highest BCUT2D eigenvalue weighted by atomic mass is 14.9. The van der Waals surface area contributed by atoms with Crippen LogP contribution in [0.4, 0.5) is 0 Å². The molecule has 13 heavy (non-hydrogen) atoms. The van der Waals surface area contributed by atoms with Gasteiger partial charge >= 0.3 is 0 Å². The van der Waals surface area contributed by atoms with Gasteiger partial charge in [-0.05, 0) is 32.5 Å². The van der Waals surface area contributed by atoms with Gasteiger partial charge in [0.1, 0.15) is 0 Å². The standard InChI is InChI=1S/C11H18N2/c1-4-12-10(3)8-11-7-5-6-9(2)13-11/h5-7,10,12H,4,8H2,1-3H3/t10-/m0/s1. The van der Waals surface area contributed by atoms with E-state index < -0.39 is 0 Å². The maximum Gasteiger partial charge on any atom is 0.0422 e. The van der Waals surface area contributed by atoms with E-state index in [0.717, 1.165) is 18.7 Å². The molecular formula is C11H18N2. The Morgan fingerprint density at radius 3 is 2.85 bits per heavy atom. The minimum absolute atomic E-state index is 0.513. The number of aryl methyl sites for hydroxylation is 1. The molecule has 0 radical (unpaired) electrons. The van der Waals surface area contributed by atoms with Crippen molar-refractivity contribution in [2.24, 2.45) is 0 Å². The molecule has 0 spiro atoms. The molecule has 1 N–H and O–H groups in total. The molecule has 0 bridgehead atoms. The molecule has 0 unspecified atom stereocenters. The predicted octanol–water partition coefficient (Wildman–Crippen LogP) is 1.93. The molecule has 0 aliphatic rings. The van der Waals surface area contributed by atoms with Gasteiger partial charge in [0, 0.05) is 23.9 Å². The summed E-state index contributed by atoms with van der Waals surface area (Å²) in [5.41, 5.74) is 2.27. The lowest BCUT2D eigenvalue weighted by Crippen LogP contribution is -2.27. The average molecular weight is 178 g/mol. The van der Waals surface area contributed by atoms with Crippen LogP contribution < -0.4 is 5.32 Å². The summed E-state index contributed by atoms with van der Waals surface area (Å²) in [5, 5.41) is 3.37. The molecule has 1 rings (SSSR count). The van der Waals surface area contributed by atoms with Crippen molar-refractivity contribution >= 4 is 0 Å². The molecule has 0 fully saturated rings. The third-order valence-electron chi connectivity index (χ3n) is 2.01. The number of hydrogen-bond acceptors (Lipinski definition) is 2. The first-order valence-electron chi connectivity index (χ1n) is 4.88. The van der Waals surface area contributed by atoms with Crippen LogP contribution in [-0.4, -0.2) is 17.6 Å². The van der Waals surface area contributed by atoms with Crippen LogP contribution in [-0.2, 0) is 6.42 Å². The van der Waals surface area contributed by atoms with E-state index in [1.807, 2.05) is 13.0 Å². The van der Waals surface area contributed by atoms with Gasteiger partial charge in [0.25, 0.3) is 0 Å². The molecule has 0 aromatic carbocycles. The van der Waals surface area contributed by atoms with E-state index in [1.54, 1.807) is 0 Å². The van der Waals surface area contributed by atoms with Crippen molar-refractivity contribution in [2.75, 3.05) is 6.54 Å². The van der Waals surface area contributed by atoms with Gasteiger partial charge in [-0.3, -0.25) is 4.98 Å². The first-order chi connectivity index (χ1) is 6.22. The summed E-state index contributed by atoms with van der Waals surface area (Å²) in [6, 6.07) is 6.69. The number of rotatable bonds is 4. The molecule has 1 aromatic rings. The first kappa shape index (κ1) is 10.2. The number of nitrogens with zero attached hydrogens (tertiary/aromatic N) is 1. The summed E-state index contributed by atoms with van der Waals surface area (Å²) in [7, 11) is 0. The number of likely N-dealkylation sites (N-methyl/N-ethyl adjacent to an activating group) is 1. The minimum atomic E-state index is 0.513. The van der Waals surface area contributed by atoms with Gasteiger partial charge in [-0.15, -0.1) is 0 Å². The van der Waals surface area contributed by atoms with E-state index >= 15 is 0 Å². The first-order valence-corrected chi connectivity index (χ1v) is 4.88. The van der Waals surface area contributed by atoms with Crippen molar-refractivity contribution in [2.45, 2.75) is 33.2 Å². The van der Waals surface area contributed by atoms with Crippen molar-refractivity contribution in [1.29, 1.82) is 0 Å². The minimum Gasteiger partial charge on any atom is -0.314 e. The quantitative estimate of drug-likeness (QED) is 0.762. The Morgan fingerprint density at radius 1 is 1.46 bits per heavy atom. The lowest BCUT2D eigenvalue weighted by Gasteiger charge is -2.11. The van der Waals surface area contributed by atoms with Crippen molar-refractivity contribution < 1.29 is 0 Å². The van der Waals surface area contributed by atoms with E-state index in [4.69, 9.17) is 0 Å². The summed E-state index contributed by atoms with van der Waals surface area (Å²) in [6.45, 7) is 7.36. The van der Waals surface area contributed by atoms with E-state index in [1.165, 1.54) is 5.69 Å². The summed E-state index contributed by atoms with van der Waals surface area (Å²) in [6.07, 6.45) is 1.01. The highest BCUT2D eigenvalue weighted by Gasteiger charge is 2.02. The second kappa shape index (κ2) is 4.97. The van der Waals surface area contributed by atoms with Crippen LogP contribution in [0.2, 0.25) is 0 Å². The fourth-order valence-electron chi connectivity index (χ4n) is 1.45. The summed E-state index contributed by atoms with van der Waals surface area (Å²) >= 11 is 0. The molecule has 0 aliphatic heterocycles. The molecular weight excluding hydrogens is 160 g/mol. The van der Waals surface area contributed by atoms with E-state index in [2.05, 4.69) is 36.3 Å². The van der Waals surface area contributed by atoms with Crippen LogP contribution in [0.1, 0.15) is 25.2 Å². The molecule has 0 amide bonds. The fourth-order valence-corrected chi connectivity index (χ4v) is 1.45. The third-order valence-corrected chi connectivity index (χ3v) is 2.01. The third kappa shape index (κ3) is 3.55. The highest BCUT2D eigenvalue weighted by Crippen LogP contribution is 2.01. The monoisotopic (exact) mass is 178 g/mol. The molecule has 1 heterocycles. The fraction of sp³-hybridized carbons (Fsp3) is 0.545. The molecule has 0 saturated heterocycles. The van der Waals surface area contributed by atoms with Crippen LogP contribution >= 0.6 is 0 Å². The Bertz CT molecular complexity index is 258. The lowest BCUT2D eigenvalue weighted by atomic mass is 10.1. The Balaban J connectivity index is 2.53. The number of nitrogens with one attached hydrogen (secondary N) is 1. The topological polar surface area (TPSA) is 24.9 Å². The van der Waals surface area contributed by atoms with Crippen LogP contribution in [0.3, 0.4) is 0 Å². The molecule has 1 atom stereocenters. The van der Waals surface area contributed by atoms with Gasteiger partial charge in [0.15, 0.2) is 0 Å². The molecule has 72 valence electrons. The van der Waals surface area contributed by atoms with Crippen molar-refractivity contribution in [3.63, 3.8) is 0 Å². The molecule has 0 saturated carbocycles. The summed E-state index contributed by atoms with van der Waals surface area (Å²) in [5.74, 6) is 0. The smallest absolute Gasteiger partial charge is 0.0422 e. The van der Waals surface area contributed by atoms with Crippen LogP contribution in [0.15, 0.2) is 18.2 Å². The molecule has 0 aliphatic carbocycles. The van der Waals surface area contributed by atoms with Gasteiger partial charge in [-0.2, -0.15) is 0 Å². The molecule has 2 heteroatoms. The Labute approximate surface area is 80.4 Å². The number of hydrogen-bond donors (Lipinski definition) is 1. The second-order valence-corrected chi connectivity index (χ2v) is 3.43. The van der Waals surface area contributed by atoms with Crippen molar-refractivity contribution in [1.82, 2.24) is 10.3 Å². The Hall–Kier alpha value is -0.890. The summed E-state index contributed by atoms with van der Waals surface area (Å²) < 4.78 is 0. The number of pyridine rings is 1. The van der Waals surface area contributed by atoms with Gasteiger partial charge in [0.05, 0.1) is 0 Å². The predicted molar refractivity (Wildman–Crippen MR) is 55.8 cm³/mol. The molecule has 2 nitrogen and oxygen atoms in total. The van der Waals surface area contributed by atoms with E-state index in [9.17, 15) is 0 Å². The maximum atomic E-state index is 4.46. The van der Waals surface area contributed by atoms with Crippen molar-refractivity contribution in [3.05, 3.63) is 29.6 Å². The highest BCUT2D eigenvalue weighted by molar-refractivity contribution is 5.10. The van der Waals surface area contributed by atoms with Gasteiger partial charge in [-0.25, -0.2) is 0 Å². The van der Waals surface area contributed by atoms with Gasteiger partial charge in [-0.1, -0.05) is 13.0 Å². The van der Waals surface area contributed by atoms with Gasteiger partial charge < -0.3 is 5.32 Å². The second-order valence-electron chi connectivity index (χ2n) is 3.43. The molecule has 1 aromatic heterocycles. The average Bonchev–Trinajstić information content (AvgIpc) is 2.04. The van der Waals surface area contributed by atoms with Crippen molar-refractivity contribution in [3.8, 4) is 0 Å². The van der Waals surface area contributed by atoms with E-state index in [-0.39, 0.29) is 0 Å². The van der Waals surface area contributed by atoms with E-state index in [0.29, 0.717) is 6.04 Å².